The highest BCUT2D eigenvalue weighted by Gasteiger charge is 2.29. The zero-order valence-corrected chi connectivity index (χ0v) is 13.4. The minimum atomic E-state index is -0.843. The van der Waals surface area contributed by atoms with Crippen LogP contribution in [0.5, 0.6) is 0 Å². The Morgan fingerprint density at radius 3 is 2.71 bits per heavy atom. The van der Waals surface area contributed by atoms with E-state index in [1.165, 1.54) is 5.56 Å². The molecule has 2 atom stereocenters. The number of nitrogens with zero attached hydrogens (tertiary/aromatic N) is 3. The maximum atomic E-state index is 13.3. The topological polar surface area (TPSA) is 63.4 Å². The van der Waals surface area contributed by atoms with Gasteiger partial charge in [-0.3, -0.25) is 4.90 Å². The average Bonchev–Trinajstić information content (AvgIpc) is 3.25. The van der Waals surface area contributed by atoms with Gasteiger partial charge in [-0.2, -0.15) is 4.98 Å². The standard InChI is InChI=1S/C17H21FN4O2/c18-14-9-15(19-10-14)17-20-16(21-24-17)13-3-1-12(2-4-13)11-22-5-7-23-8-6-22/h1-4,14-15,19H,5-11H2/t14-,15+/m0/s1. The molecule has 2 fully saturated rings. The Hall–Kier alpha value is -1.83. The zero-order valence-electron chi connectivity index (χ0n) is 13.4. The van der Waals surface area contributed by atoms with Crippen LogP contribution in [0, 0.1) is 0 Å². The van der Waals surface area contributed by atoms with Crippen molar-refractivity contribution >= 4 is 0 Å². The highest BCUT2D eigenvalue weighted by Crippen LogP contribution is 2.26. The van der Waals surface area contributed by atoms with Crippen LogP contribution in [-0.2, 0) is 11.3 Å². The third-order valence-electron chi connectivity index (χ3n) is 4.54. The normalized spacial score (nSPS) is 25.2. The number of nitrogens with one attached hydrogen (secondary N) is 1. The maximum Gasteiger partial charge on any atom is 0.244 e. The van der Waals surface area contributed by atoms with E-state index in [4.69, 9.17) is 9.26 Å². The molecule has 0 aliphatic carbocycles. The molecule has 4 rings (SSSR count). The SMILES string of the molecule is F[C@@H]1CN[C@@H](c2nc(-c3ccc(CN4CCOCC4)cc3)no2)C1. The summed E-state index contributed by atoms with van der Waals surface area (Å²) in [6.07, 6.45) is -0.454. The van der Waals surface area contributed by atoms with Crippen molar-refractivity contribution in [2.24, 2.45) is 0 Å². The first kappa shape index (κ1) is 15.7. The van der Waals surface area contributed by atoms with Gasteiger partial charge in [0.15, 0.2) is 0 Å². The number of benzene rings is 1. The van der Waals surface area contributed by atoms with Crippen LogP contribution in [-0.4, -0.2) is 54.1 Å². The number of hydrogen-bond donors (Lipinski definition) is 1. The third kappa shape index (κ3) is 3.48. The van der Waals surface area contributed by atoms with Crippen molar-refractivity contribution < 1.29 is 13.7 Å². The fraction of sp³-hybridized carbons (Fsp3) is 0.529. The Morgan fingerprint density at radius 1 is 1.21 bits per heavy atom. The first-order chi connectivity index (χ1) is 11.8. The lowest BCUT2D eigenvalue weighted by Crippen LogP contribution is -2.35. The van der Waals surface area contributed by atoms with Gasteiger partial charge in [0.05, 0.1) is 19.3 Å². The molecule has 2 aliphatic rings. The second-order valence-electron chi connectivity index (χ2n) is 6.34. The van der Waals surface area contributed by atoms with Crippen LogP contribution in [0.15, 0.2) is 28.8 Å². The molecule has 1 aromatic heterocycles. The summed E-state index contributed by atoms with van der Waals surface area (Å²) in [5.41, 5.74) is 2.16. The second-order valence-corrected chi connectivity index (χ2v) is 6.34. The maximum absolute atomic E-state index is 13.3. The molecule has 0 saturated carbocycles. The van der Waals surface area contributed by atoms with Crippen LogP contribution in [0.3, 0.4) is 0 Å². The predicted octanol–water partition coefficient (Wildman–Crippen LogP) is 1.94. The molecular formula is C17H21FN4O2. The molecule has 3 heterocycles. The van der Waals surface area contributed by atoms with Crippen molar-refractivity contribution in [1.82, 2.24) is 20.4 Å². The number of hydrogen-bond acceptors (Lipinski definition) is 6. The van der Waals surface area contributed by atoms with E-state index < -0.39 is 6.17 Å². The Kier molecular flexibility index (Phi) is 4.55. The van der Waals surface area contributed by atoms with Crippen molar-refractivity contribution in [3.8, 4) is 11.4 Å². The summed E-state index contributed by atoms with van der Waals surface area (Å²) in [6.45, 7) is 4.82. The summed E-state index contributed by atoms with van der Waals surface area (Å²) in [7, 11) is 0. The third-order valence-corrected chi connectivity index (χ3v) is 4.54. The lowest BCUT2D eigenvalue weighted by molar-refractivity contribution is 0.0342. The van der Waals surface area contributed by atoms with E-state index in [0.29, 0.717) is 24.7 Å². The van der Waals surface area contributed by atoms with E-state index in [1.54, 1.807) is 0 Å². The molecule has 7 heteroatoms. The lowest BCUT2D eigenvalue weighted by Gasteiger charge is -2.26. The Morgan fingerprint density at radius 2 is 2.00 bits per heavy atom. The Bertz CT molecular complexity index is 669. The van der Waals surface area contributed by atoms with Crippen LogP contribution < -0.4 is 5.32 Å². The molecule has 1 N–H and O–H groups in total. The molecule has 6 nitrogen and oxygen atoms in total. The van der Waals surface area contributed by atoms with Crippen molar-refractivity contribution in [1.29, 1.82) is 0 Å². The van der Waals surface area contributed by atoms with Gasteiger partial charge >= 0.3 is 0 Å². The number of alkyl halides is 1. The van der Waals surface area contributed by atoms with Gasteiger partial charge in [0, 0.05) is 38.2 Å². The van der Waals surface area contributed by atoms with Gasteiger partial charge in [-0.15, -0.1) is 0 Å². The van der Waals surface area contributed by atoms with Gasteiger partial charge in [0.25, 0.3) is 0 Å². The Balaban J connectivity index is 1.42. The largest absolute Gasteiger partial charge is 0.379 e. The van der Waals surface area contributed by atoms with Gasteiger partial charge in [-0.25, -0.2) is 4.39 Å². The number of halogens is 1. The summed E-state index contributed by atoms with van der Waals surface area (Å²) < 4.78 is 23.9. The van der Waals surface area contributed by atoms with Crippen LogP contribution in [0.25, 0.3) is 11.4 Å². The van der Waals surface area contributed by atoms with Crippen molar-refractivity contribution in [3.05, 3.63) is 35.7 Å². The molecule has 2 aliphatic heterocycles. The highest BCUT2D eigenvalue weighted by atomic mass is 19.1. The molecule has 0 radical (unpaired) electrons. The molecule has 0 amide bonds. The molecule has 2 aromatic rings. The van der Waals surface area contributed by atoms with Crippen molar-refractivity contribution in [2.45, 2.75) is 25.2 Å². The van der Waals surface area contributed by atoms with Gasteiger partial charge in [0.2, 0.25) is 11.7 Å². The van der Waals surface area contributed by atoms with Crippen molar-refractivity contribution in [2.75, 3.05) is 32.8 Å². The quantitative estimate of drug-likeness (QED) is 0.923. The summed E-state index contributed by atoms with van der Waals surface area (Å²) in [6, 6.07) is 8.01. The molecule has 0 spiro atoms. The fourth-order valence-electron chi connectivity index (χ4n) is 3.15. The van der Waals surface area contributed by atoms with Gasteiger partial charge < -0.3 is 14.6 Å². The molecular weight excluding hydrogens is 311 g/mol. The van der Waals surface area contributed by atoms with E-state index in [9.17, 15) is 4.39 Å². The number of ether oxygens (including phenoxy) is 1. The first-order valence-corrected chi connectivity index (χ1v) is 8.38. The first-order valence-electron chi connectivity index (χ1n) is 8.38. The minimum Gasteiger partial charge on any atom is -0.379 e. The van der Waals surface area contributed by atoms with E-state index in [2.05, 4.69) is 32.5 Å². The van der Waals surface area contributed by atoms with E-state index in [-0.39, 0.29) is 6.04 Å². The van der Waals surface area contributed by atoms with Crippen LogP contribution in [0.1, 0.15) is 23.9 Å². The molecule has 24 heavy (non-hydrogen) atoms. The molecule has 0 bridgehead atoms. The van der Waals surface area contributed by atoms with Gasteiger partial charge in [-0.1, -0.05) is 29.4 Å². The Labute approximate surface area is 140 Å². The van der Waals surface area contributed by atoms with Crippen molar-refractivity contribution in [3.63, 3.8) is 0 Å². The lowest BCUT2D eigenvalue weighted by atomic mass is 10.1. The summed E-state index contributed by atoms with van der Waals surface area (Å²) in [4.78, 5) is 6.79. The molecule has 0 unspecified atom stereocenters. The fourth-order valence-corrected chi connectivity index (χ4v) is 3.15. The molecule has 128 valence electrons. The zero-order chi connectivity index (χ0) is 16.4. The number of morpholine rings is 1. The van der Waals surface area contributed by atoms with Gasteiger partial charge in [0.1, 0.15) is 6.17 Å². The average molecular weight is 332 g/mol. The predicted molar refractivity (Wildman–Crippen MR) is 86.1 cm³/mol. The van der Waals surface area contributed by atoms with Crippen LogP contribution in [0.2, 0.25) is 0 Å². The molecule has 1 aromatic carbocycles. The highest BCUT2D eigenvalue weighted by molar-refractivity contribution is 5.54. The monoisotopic (exact) mass is 332 g/mol. The van der Waals surface area contributed by atoms with Crippen LogP contribution >= 0.6 is 0 Å². The molecule has 2 saturated heterocycles. The second kappa shape index (κ2) is 6.96. The summed E-state index contributed by atoms with van der Waals surface area (Å²) in [5.74, 6) is 1.01. The minimum absolute atomic E-state index is 0.179. The summed E-state index contributed by atoms with van der Waals surface area (Å²) >= 11 is 0. The van der Waals surface area contributed by atoms with Gasteiger partial charge in [-0.05, 0) is 5.56 Å². The van der Waals surface area contributed by atoms with E-state index >= 15 is 0 Å². The summed E-state index contributed by atoms with van der Waals surface area (Å²) in [5, 5.41) is 7.08. The van der Waals surface area contributed by atoms with E-state index in [0.717, 1.165) is 38.4 Å². The number of aromatic nitrogens is 2. The number of rotatable bonds is 4. The van der Waals surface area contributed by atoms with E-state index in [1.807, 2.05) is 12.1 Å². The smallest absolute Gasteiger partial charge is 0.244 e. The van der Waals surface area contributed by atoms with Crippen LogP contribution in [0.4, 0.5) is 4.39 Å².